The quantitative estimate of drug-likeness (QED) is 0.750. The van der Waals surface area contributed by atoms with Gasteiger partial charge in [-0.1, -0.05) is 55.3 Å². The molecule has 3 heteroatoms. The van der Waals surface area contributed by atoms with Crippen molar-refractivity contribution in [2.45, 2.75) is 25.9 Å². The van der Waals surface area contributed by atoms with Crippen LogP contribution in [0.15, 0.2) is 40.9 Å². The third-order valence-corrected chi connectivity index (χ3v) is 3.02. The van der Waals surface area contributed by atoms with Crippen LogP contribution in [0.5, 0.6) is 0 Å². The van der Waals surface area contributed by atoms with Crippen LogP contribution in [-0.2, 0) is 9.53 Å². The Hall–Kier alpha value is -1.28. The molecule has 0 spiro atoms. The van der Waals surface area contributed by atoms with Crippen LogP contribution in [-0.4, -0.2) is 5.97 Å². The summed E-state index contributed by atoms with van der Waals surface area (Å²) < 4.78 is 5.28. The molecule has 1 unspecified atom stereocenters. The molecule has 2 rings (SSSR count). The number of halogens is 1. The summed E-state index contributed by atoms with van der Waals surface area (Å²) in [6.45, 7) is 2.01. The Kier molecular flexibility index (Phi) is 3.30. The predicted molar refractivity (Wildman–Crippen MR) is 63.1 cm³/mol. The molecule has 0 radical (unpaired) electrons. The molecule has 0 N–H and O–H groups in total. The average molecular weight is 237 g/mol. The average Bonchev–Trinajstić information content (AvgIpc) is 2.59. The number of hydrogen-bond acceptors (Lipinski definition) is 2. The first-order valence-corrected chi connectivity index (χ1v) is 5.76. The van der Waals surface area contributed by atoms with Gasteiger partial charge in [0, 0.05) is 0 Å². The van der Waals surface area contributed by atoms with Gasteiger partial charge in [-0.3, -0.25) is 0 Å². The summed E-state index contributed by atoms with van der Waals surface area (Å²) in [6, 6.07) is 9.56. The highest BCUT2D eigenvalue weighted by Gasteiger charge is 2.33. The molecule has 0 aromatic heterocycles. The van der Waals surface area contributed by atoms with Gasteiger partial charge in [0.25, 0.3) is 0 Å². The van der Waals surface area contributed by atoms with Crippen LogP contribution in [0.25, 0.3) is 0 Å². The molecular formula is C13H13ClO2. The SMILES string of the molecule is CCCC1=C(Cl)C(c2ccccc2)OC1=O. The van der Waals surface area contributed by atoms with Crippen LogP contribution in [0.1, 0.15) is 31.4 Å². The first-order valence-electron chi connectivity index (χ1n) is 5.38. The lowest BCUT2D eigenvalue weighted by Crippen LogP contribution is -2.02. The Morgan fingerprint density at radius 1 is 1.31 bits per heavy atom. The van der Waals surface area contributed by atoms with Gasteiger partial charge in [-0.25, -0.2) is 4.79 Å². The van der Waals surface area contributed by atoms with Crippen LogP contribution in [0, 0.1) is 0 Å². The Labute approximate surface area is 99.9 Å². The van der Waals surface area contributed by atoms with Gasteiger partial charge in [0.15, 0.2) is 6.10 Å². The number of cyclic esters (lactones) is 1. The van der Waals surface area contributed by atoms with E-state index in [4.69, 9.17) is 16.3 Å². The number of carbonyl (C=O) groups excluding carboxylic acids is 1. The van der Waals surface area contributed by atoms with E-state index in [1.54, 1.807) is 0 Å². The minimum absolute atomic E-state index is 0.277. The van der Waals surface area contributed by atoms with Crippen molar-refractivity contribution in [2.75, 3.05) is 0 Å². The lowest BCUT2D eigenvalue weighted by Gasteiger charge is -2.09. The summed E-state index contributed by atoms with van der Waals surface area (Å²) in [7, 11) is 0. The lowest BCUT2D eigenvalue weighted by molar-refractivity contribution is -0.140. The first-order chi connectivity index (χ1) is 7.74. The van der Waals surface area contributed by atoms with Crippen molar-refractivity contribution in [1.29, 1.82) is 0 Å². The van der Waals surface area contributed by atoms with Crippen molar-refractivity contribution in [2.24, 2.45) is 0 Å². The maximum absolute atomic E-state index is 11.6. The van der Waals surface area contributed by atoms with E-state index >= 15 is 0 Å². The van der Waals surface area contributed by atoms with Crippen molar-refractivity contribution in [3.05, 3.63) is 46.5 Å². The van der Waals surface area contributed by atoms with E-state index in [-0.39, 0.29) is 5.97 Å². The maximum atomic E-state index is 11.6. The summed E-state index contributed by atoms with van der Waals surface area (Å²) in [5.41, 5.74) is 1.55. The minimum atomic E-state index is -0.406. The molecule has 1 aliphatic rings. The fraction of sp³-hybridized carbons (Fsp3) is 0.308. The molecule has 0 saturated carbocycles. The third kappa shape index (κ3) is 1.98. The largest absolute Gasteiger partial charge is 0.448 e. The second-order valence-electron chi connectivity index (χ2n) is 3.77. The first kappa shape index (κ1) is 11.2. The second kappa shape index (κ2) is 4.71. The highest BCUT2D eigenvalue weighted by Crippen LogP contribution is 2.38. The van der Waals surface area contributed by atoms with E-state index in [9.17, 15) is 4.79 Å². The highest BCUT2D eigenvalue weighted by molar-refractivity contribution is 6.33. The van der Waals surface area contributed by atoms with Gasteiger partial charge in [0.2, 0.25) is 0 Å². The molecule has 84 valence electrons. The number of ether oxygens (including phenoxy) is 1. The highest BCUT2D eigenvalue weighted by atomic mass is 35.5. The van der Waals surface area contributed by atoms with Gasteiger partial charge < -0.3 is 4.74 Å². The Bertz CT molecular complexity index is 423. The van der Waals surface area contributed by atoms with Crippen molar-refractivity contribution >= 4 is 17.6 Å². The fourth-order valence-corrected chi connectivity index (χ4v) is 2.14. The molecule has 1 aliphatic heterocycles. The summed E-state index contributed by atoms with van der Waals surface area (Å²) in [4.78, 5) is 11.6. The van der Waals surface area contributed by atoms with Crippen LogP contribution in [0.4, 0.5) is 0 Å². The topological polar surface area (TPSA) is 26.3 Å². The van der Waals surface area contributed by atoms with Gasteiger partial charge in [0.1, 0.15) is 0 Å². The molecule has 1 aromatic rings. The van der Waals surface area contributed by atoms with Crippen molar-refractivity contribution in [3.63, 3.8) is 0 Å². The minimum Gasteiger partial charge on any atom is -0.448 e. The number of carbonyl (C=O) groups is 1. The summed E-state index contributed by atoms with van der Waals surface area (Å²) in [6.07, 6.45) is 1.17. The van der Waals surface area contributed by atoms with Crippen molar-refractivity contribution in [1.82, 2.24) is 0 Å². The molecule has 0 aliphatic carbocycles. The molecule has 2 nitrogen and oxygen atoms in total. The van der Waals surface area contributed by atoms with Gasteiger partial charge >= 0.3 is 5.97 Å². The molecule has 0 amide bonds. The summed E-state index contributed by atoms with van der Waals surface area (Å²) >= 11 is 6.19. The lowest BCUT2D eigenvalue weighted by atomic mass is 10.1. The Morgan fingerprint density at radius 3 is 2.62 bits per heavy atom. The van der Waals surface area contributed by atoms with E-state index in [1.807, 2.05) is 37.3 Å². The smallest absolute Gasteiger partial charge is 0.336 e. The van der Waals surface area contributed by atoms with Gasteiger partial charge in [-0.15, -0.1) is 0 Å². The molecule has 16 heavy (non-hydrogen) atoms. The van der Waals surface area contributed by atoms with Crippen LogP contribution >= 0.6 is 11.6 Å². The zero-order chi connectivity index (χ0) is 11.5. The van der Waals surface area contributed by atoms with Crippen LogP contribution < -0.4 is 0 Å². The Balaban J connectivity index is 2.30. The van der Waals surface area contributed by atoms with Crippen LogP contribution in [0.3, 0.4) is 0 Å². The van der Waals surface area contributed by atoms with E-state index in [1.165, 1.54) is 0 Å². The standard InChI is InChI=1S/C13H13ClO2/c1-2-6-10-11(14)12(16-13(10)15)9-7-4-3-5-8-9/h3-5,7-8,12H,2,6H2,1H3. The van der Waals surface area contributed by atoms with Gasteiger partial charge in [-0.2, -0.15) is 0 Å². The Morgan fingerprint density at radius 2 is 2.00 bits per heavy atom. The van der Waals surface area contributed by atoms with Gasteiger partial charge in [0.05, 0.1) is 10.6 Å². The molecular weight excluding hydrogens is 224 g/mol. The second-order valence-corrected chi connectivity index (χ2v) is 4.18. The molecule has 1 atom stereocenters. The summed E-state index contributed by atoms with van der Waals surface area (Å²) in [5, 5.41) is 0.540. The molecule has 0 fully saturated rings. The normalized spacial score (nSPS) is 20.1. The number of esters is 1. The predicted octanol–water partition coefficient (Wildman–Crippen LogP) is 3.58. The fourth-order valence-electron chi connectivity index (χ4n) is 1.80. The third-order valence-electron chi connectivity index (χ3n) is 2.59. The number of benzene rings is 1. The molecule has 1 heterocycles. The van der Waals surface area contributed by atoms with E-state index in [0.717, 1.165) is 12.0 Å². The molecule has 0 saturated heterocycles. The zero-order valence-electron chi connectivity index (χ0n) is 9.07. The van der Waals surface area contributed by atoms with Crippen molar-refractivity contribution < 1.29 is 9.53 Å². The van der Waals surface area contributed by atoms with Crippen LogP contribution in [0.2, 0.25) is 0 Å². The van der Waals surface area contributed by atoms with Gasteiger partial charge in [-0.05, 0) is 12.0 Å². The maximum Gasteiger partial charge on any atom is 0.336 e. The van der Waals surface area contributed by atoms with E-state index in [0.29, 0.717) is 17.0 Å². The van der Waals surface area contributed by atoms with Crippen molar-refractivity contribution in [3.8, 4) is 0 Å². The summed E-state index contributed by atoms with van der Waals surface area (Å²) in [5.74, 6) is -0.277. The number of rotatable bonds is 3. The number of hydrogen-bond donors (Lipinski definition) is 0. The van der Waals surface area contributed by atoms with E-state index in [2.05, 4.69) is 0 Å². The van der Waals surface area contributed by atoms with E-state index < -0.39 is 6.10 Å². The zero-order valence-corrected chi connectivity index (χ0v) is 9.83. The molecule has 1 aromatic carbocycles. The molecule has 0 bridgehead atoms. The monoisotopic (exact) mass is 236 g/mol.